The molecule has 2 fully saturated rings. The Balaban J connectivity index is 1.51. The number of nitrogens with zero attached hydrogens (tertiary/aromatic N) is 1. The van der Waals surface area contributed by atoms with Crippen LogP contribution in [0.3, 0.4) is 0 Å². The van der Waals surface area contributed by atoms with Crippen molar-refractivity contribution in [2.45, 2.75) is 19.3 Å². The third-order valence-electron chi connectivity index (χ3n) is 4.86. The fourth-order valence-corrected chi connectivity index (χ4v) is 3.86. The van der Waals surface area contributed by atoms with Crippen LogP contribution in [0.2, 0.25) is 5.02 Å². The molecule has 0 aromatic heterocycles. The van der Waals surface area contributed by atoms with Gasteiger partial charge in [0.05, 0.1) is 5.41 Å². The van der Waals surface area contributed by atoms with E-state index in [1.165, 1.54) is 0 Å². The van der Waals surface area contributed by atoms with Crippen molar-refractivity contribution >= 4 is 17.6 Å². The molecule has 4 nitrogen and oxygen atoms in total. The Morgan fingerprint density at radius 3 is 2.86 bits per heavy atom. The van der Waals surface area contributed by atoms with E-state index in [0.717, 1.165) is 38.1 Å². The lowest BCUT2D eigenvalue weighted by Gasteiger charge is -2.23. The number of fused-ring (bicyclic) bond motifs is 1. The van der Waals surface area contributed by atoms with Gasteiger partial charge in [-0.1, -0.05) is 18.0 Å². The lowest BCUT2D eigenvalue weighted by atomic mass is 9.81. The van der Waals surface area contributed by atoms with Gasteiger partial charge in [0, 0.05) is 24.7 Å². The van der Waals surface area contributed by atoms with E-state index in [9.17, 15) is 9.90 Å². The molecule has 1 heterocycles. The molecule has 1 saturated heterocycles. The van der Waals surface area contributed by atoms with Crippen molar-refractivity contribution in [3.63, 3.8) is 0 Å². The molecule has 0 unspecified atom stereocenters. The number of ether oxygens (including phenoxy) is 1. The number of benzene rings is 1. The Morgan fingerprint density at radius 1 is 1.43 bits per heavy atom. The molecule has 0 spiro atoms. The smallest absolute Gasteiger partial charge is 0.311 e. The van der Waals surface area contributed by atoms with Crippen molar-refractivity contribution in [3.8, 4) is 5.75 Å². The second-order valence-corrected chi connectivity index (χ2v) is 6.52. The maximum absolute atomic E-state index is 11.6. The number of halogens is 1. The van der Waals surface area contributed by atoms with E-state index in [4.69, 9.17) is 16.3 Å². The zero-order chi connectivity index (χ0) is 14.9. The van der Waals surface area contributed by atoms with Crippen molar-refractivity contribution in [3.05, 3.63) is 29.3 Å². The summed E-state index contributed by atoms with van der Waals surface area (Å²) in [4.78, 5) is 13.8. The van der Waals surface area contributed by atoms with Gasteiger partial charge < -0.3 is 9.84 Å². The van der Waals surface area contributed by atoms with Gasteiger partial charge in [-0.3, -0.25) is 9.69 Å². The van der Waals surface area contributed by atoms with Crippen LogP contribution >= 0.6 is 11.6 Å². The first-order chi connectivity index (χ1) is 10.1. The Hall–Kier alpha value is -1.26. The van der Waals surface area contributed by atoms with Crippen molar-refractivity contribution in [2.24, 2.45) is 11.3 Å². The molecular weight excluding hydrogens is 290 g/mol. The summed E-state index contributed by atoms with van der Waals surface area (Å²) in [6, 6.07) is 7.30. The highest BCUT2D eigenvalue weighted by Gasteiger charge is 2.54. The molecule has 0 amide bonds. The first-order valence-electron chi connectivity index (χ1n) is 7.44. The van der Waals surface area contributed by atoms with Crippen LogP contribution in [0.5, 0.6) is 5.75 Å². The highest BCUT2D eigenvalue weighted by molar-refractivity contribution is 6.30. The summed E-state index contributed by atoms with van der Waals surface area (Å²) >= 11 is 5.83. The molecule has 3 rings (SSSR count). The first kappa shape index (κ1) is 14.7. The third-order valence-corrected chi connectivity index (χ3v) is 5.11. The summed E-state index contributed by atoms with van der Waals surface area (Å²) in [6.45, 7) is 2.89. The minimum atomic E-state index is -0.619. The van der Waals surface area contributed by atoms with Gasteiger partial charge in [-0.15, -0.1) is 0 Å². The molecule has 1 aliphatic carbocycles. The number of hydrogen-bond acceptors (Lipinski definition) is 3. The van der Waals surface area contributed by atoms with Gasteiger partial charge in [0.2, 0.25) is 0 Å². The van der Waals surface area contributed by atoms with Crippen LogP contribution in [0.25, 0.3) is 0 Å². The van der Waals surface area contributed by atoms with Crippen molar-refractivity contribution in [1.29, 1.82) is 0 Å². The summed E-state index contributed by atoms with van der Waals surface area (Å²) in [6.07, 6.45) is 2.91. The number of carboxylic acid groups (broad SMARTS) is 1. The average molecular weight is 310 g/mol. The number of carboxylic acids is 1. The molecular formula is C16H20ClNO3. The monoisotopic (exact) mass is 309 g/mol. The molecule has 21 heavy (non-hydrogen) atoms. The van der Waals surface area contributed by atoms with E-state index >= 15 is 0 Å². The predicted molar refractivity (Wildman–Crippen MR) is 80.8 cm³/mol. The summed E-state index contributed by atoms with van der Waals surface area (Å²) in [7, 11) is 0. The minimum absolute atomic E-state index is 0.311. The highest BCUT2D eigenvalue weighted by atomic mass is 35.5. The van der Waals surface area contributed by atoms with E-state index < -0.39 is 11.4 Å². The standard InChI is InChI=1S/C16H20ClNO3/c17-13-3-5-14(6-4-13)21-9-8-18-10-12-2-1-7-16(12,11-18)15(19)20/h3-6,12H,1-2,7-11H2,(H,19,20)/t12-,16+/m0/s1. The number of carbonyl (C=O) groups is 1. The number of aliphatic carboxylic acids is 1. The van der Waals surface area contributed by atoms with Gasteiger partial charge in [0.25, 0.3) is 0 Å². The van der Waals surface area contributed by atoms with Crippen molar-refractivity contribution < 1.29 is 14.6 Å². The Kier molecular flexibility index (Phi) is 4.09. The third kappa shape index (κ3) is 2.87. The molecule has 1 aromatic rings. The largest absolute Gasteiger partial charge is 0.492 e. The van der Waals surface area contributed by atoms with Gasteiger partial charge >= 0.3 is 5.97 Å². The lowest BCUT2D eigenvalue weighted by Crippen LogP contribution is -2.36. The van der Waals surface area contributed by atoms with Gasteiger partial charge in [-0.2, -0.15) is 0 Å². The van der Waals surface area contributed by atoms with Gasteiger partial charge in [0.1, 0.15) is 12.4 Å². The average Bonchev–Trinajstić information content (AvgIpc) is 2.98. The van der Waals surface area contributed by atoms with E-state index in [2.05, 4.69) is 4.90 Å². The summed E-state index contributed by atoms with van der Waals surface area (Å²) in [5.41, 5.74) is -0.500. The summed E-state index contributed by atoms with van der Waals surface area (Å²) in [5.74, 6) is 0.489. The molecule has 114 valence electrons. The van der Waals surface area contributed by atoms with E-state index in [0.29, 0.717) is 24.1 Å². The fraction of sp³-hybridized carbons (Fsp3) is 0.562. The van der Waals surface area contributed by atoms with Gasteiger partial charge in [-0.05, 0) is 43.0 Å². The van der Waals surface area contributed by atoms with Crippen LogP contribution in [0.15, 0.2) is 24.3 Å². The molecule has 1 N–H and O–H groups in total. The molecule has 1 aromatic carbocycles. The normalized spacial score (nSPS) is 28.5. The zero-order valence-corrected chi connectivity index (χ0v) is 12.7. The summed E-state index contributed by atoms with van der Waals surface area (Å²) in [5, 5.41) is 10.2. The minimum Gasteiger partial charge on any atom is -0.492 e. The topological polar surface area (TPSA) is 49.8 Å². The van der Waals surface area contributed by atoms with E-state index in [1.807, 2.05) is 12.1 Å². The number of hydrogen-bond donors (Lipinski definition) is 1. The van der Waals surface area contributed by atoms with Crippen molar-refractivity contribution in [2.75, 3.05) is 26.2 Å². The zero-order valence-electron chi connectivity index (χ0n) is 11.9. The predicted octanol–water partition coefficient (Wildman–Crippen LogP) is 2.91. The molecule has 0 radical (unpaired) electrons. The lowest BCUT2D eigenvalue weighted by molar-refractivity contribution is -0.149. The molecule has 1 aliphatic heterocycles. The van der Waals surface area contributed by atoms with Crippen LogP contribution < -0.4 is 4.74 Å². The second-order valence-electron chi connectivity index (χ2n) is 6.09. The van der Waals surface area contributed by atoms with Gasteiger partial charge in [-0.25, -0.2) is 0 Å². The summed E-state index contributed by atoms with van der Waals surface area (Å²) < 4.78 is 5.69. The molecule has 5 heteroatoms. The molecule has 2 aliphatic rings. The fourth-order valence-electron chi connectivity index (χ4n) is 3.74. The van der Waals surface area contributed by atoms with Crippen LogP contribution in [0.1, 0.15) is 19.3 Å². The molecule has 1 saturated carbocycles. The van der Waals surface area contributed by atoms with Gasteiger partial charge in [0.15, 0.2) is 0 Å². The van der Waals surface area contributed by atoms with E-state index in [-0.39, 0.29) is 0 Å². The van der Waals surface area contributed by atoms with Crippen molar-refractivity contribution in [1.82, 2.24) is 4.90 Å². The first-order valence-corrected chi connectivity index (χ1v) is 7.82. The Morgan fingerprint density at radius 2 is 2.19 bits per heavy atom. The maximum Gasteiger partial charge on any atom is 0.311 e. The second kappa shape index (κ2) is 5.85. The Bertz CT molecular complexity index is 519. The quantitative estimate of drug-likeness (QED) is 0.908. The Labute approximate surface area is 129 Å². The van der Waals surface area contributed by atoms with Crippen LogP contribution in [0.4, 0.5) is 0 Å². The molecule has 0 bridgehead atoms. The van der Waals surface area contributed by atoms with Crippen LogP contribution in [-0.2, 0) is 4.79 Å². The highest BCUT2D eigenvalue weighted by Crippen LogP contribution is 2.48. The van der Waals surface area contributed by atoms with Crippen LogP contribution in [0, 0.1) is 11.3 Å². The maximum atomic E-state index is 11.6. The molecule has 2 atom stereocenters. The number of likely N-dealkylation sites (tertiary alicyclic amines) is 1. The number of rotatable bonds is 5. The van der Waals surface area contributed by atoms with Crippen LogP contribution in [-0.4, -0.2) is 42.2 Å². The SMILES string of the molecule is O=C(O)[C@@]12CCC[C@H]1CN(CCOc1ccc(Cl)cc1)C2. The van der Waals surface area contributed by atoms with E-state index in [1.54, 1.807) is 12.1 Å².